The van der Waals surface area contributed by atoms with Gasteiger partial charge in [0.05, 0.1) is 5.71 Å². The number of nitrogens with zero attached hydrogens (tertiary/aromatic N) is 4. The highest BCUT2D eigenvalue weighted by molar-refractivity contribution is 6.19. The van der Waals surface area contributed by atoms with Crippen LogP contribution < -0.4 is 9.80 Å². The Morgan fingerprint density at radius 2 is 1.17 bits per heavy atom. The van der Waals surface area contributed by atoms with Crippen molar-refractivity contribution < 1.29 is 5.11 Å². The fourth-order valence-corrected chi connectivity index (χ4v) is 3.48. The summed E-state index contributed by atoms with van der Waals surface area (Å²) < 4.78 is 0. The molecule has 4 rings (SSSR count). The second-order valence-corrected chi connectivity index (χ2v) is 7.83. The van der Waals surface area contributed by atoms with Gasteiger partial charge in [0, 0.05) is 45.1 Å². The van der Waals surface area contributed by atoms with Crippen LogP contribution in [0.4, 0.5) is 11.4 Å². The first-order chi connectivity index (χ1) is 14.4. The van der Waals surface area contributed by atoms with E-state index in [1.807, 2.05) is 40.3 Å². The summed E-state index contributed by atoms with van der Waals surface area (Å²) in [6.45, 7) is 0. The second-order valence-electron chi connectivity index (χ2n) is 7.83. The molecule has 5 nitrogen and oxygen atoms in total. The number of benzene rings is 3. The number of anilines is 2. The molecule has 3 aromatic rings. The molecule has 1 unspecified atom stereocenters. The number of hydrogen-bond acceptors (Lipinski definition) is 5. The van der Waals surface area contributed by atoms with Crippen molar-refractivity contribution in [1.82, 2.24) is 0 Å². The van der Waals surface area contributed by atoms with E-state index >= 15 is 0 Å². The topological polar surface area (TPSA) is 51.4 Å². The fraction of sp³-hybridized carbons (Fsp3) is 0.200. The van der Waals surface area contributed by atoms with Crippen molar-refractivity contribution in [2.75, 3.05) is 38.0 Å². The molecule has 0 aliphatic carbocycles. The van der Waals surface area contributed by atoms with Crippen LogP contribution in [0.5, 0.6) is 5.75 Å². The van der Waals surface area contributed by atoms with E-state index in [-0.39, 0.29) is 11.8 Å². The molecule has 0 amide bonds. The zero-order valence-electron chi connectivity index (χ0n) is 17.7. The Bertz CT molecular complexity index is 1080. The maximum atomic E-state index is 9.62. The Morgan fingerprint density at radius 3 is 1.70 bits per heavy atom. The van der Waals surface area contributed by atoms with E-state index in [1.165, 1.54) is 0 Å². The summed E-state index contributed by atoms with van der Waals surface area (Å²) in [7, 11) is 8.13. The number of aliphatic imine (C=N–C) groups is 2. The maximum absolute atomic E-state index is 9.62. The third kappa shape index (κ3) is 3.92. The van der Waals surface area contributed by atoms with Crippen molar-refractivity contribution in [3.63, 3.8) is 0 Å². The number of phenolic OH excluding ortho intramolecular Hbond substituents is 1. The van der Waals surface area contributed by atoms with Crippen LogP contribution in [0.15, 0.2) is 82.8 Å². The van der Waals surface area contributed by atoms with Crippen molar-refractivity contribution in [3.8, 4) is 5.75 Å². The van der Waals surface area contributed by atoms with Crippen LogP contribution in [0.1, 0.15) is 22.7 Å². The summed E-state index contributed by atoms with van der Waals surface area (Å²) in [6, 6.07) is 23.7. The van der Waals surface area contributed by atoms with Gasteiger partial charge in [-0.1, -0.05) is 24.3 Å². The van der Waals surface area contributed by atoms with Crippen molar-refractivity contribution in [3.05, 3.63) is 89.5 Å². The monoisotopic (exact) mass is 398 g/mol. The van der Waals surface area contributed by atoms with Gasteiger partial charge >= 0.3 is 0 Å². The van der Waals surface area contributed by atoms with Gasteiger partial charge in [0.25, 0.3) is 0 Å². The Labute approximate surface area is 177 Å². The highest BCUT2D eigenvalue weighted by atomic mass is 16.3. The Balaban J connectivity index is 1.75. The zero-order valence-corrected chi connectivity index (χ0v) is 17.7. The number of aromatic hydroxyl groups is 1. The largest absolute Gasteiger partial charge is 0.508 e. The van der Waals surface area contributed by atoms with E-state index in [1.54, 1.807) is 12.1 Å². The maximum Gasteiger partial charge on any atom is 0.155 e. The minimum absolute atomic E-state index is 0.171. The number of rotatable bonds is 5. The predicted octanol–water partition coefficient (Wildman–Crippen LogP) is 4.52. The normalized spacial score (nSPS) is 15.5. The minimum Gasteiger partial charge on any atom is -0.508 e. The molecule has 30 heavy (non-hydrogen) atoms. The predicted molar refractivity (Wildman–Crippen MR) is 125 cm³/mol. The van der Waals surface area contributed by atoms with Crippen LogP contribution in [-0.2, 0) is 0 Å². The van der Waals surface area contributed by atoms with Crippen LogP contribution in [0.2, 0.25) is 0 Å². The molecule has 152 valence electrons. The van der Waals surface area contributed by atoms with Crippen molar-refractivity contribution in [1.29, 1.82) is 0 Å². The molecular formula is C25H26N4O. The first kappa shape index (κ1) is 19.7. The van der Waals surface area contributed by atoms with Crippen LogP contribution in [-0.4, -0.2) is 44.8 Å². The molecule has 0 fully saturated rings. The molecular weight excluding hydrogens is 372 g/mol. The zero-order chi connectivity index (χ0) is 21.3. The second kappa shape index (κ2) is 8.03. The van der Waals surface area contributed by atoms with E-state index < -0.39 is 0 Å². The highest BCUT2D eigenvalue weighted by Crippen LogP contribution is 2.31. The number of amidine groups is 1. The molecule has 1 aliphatic rings. The van der Waals surface area contributed by atoms with E-state index in [2.05, 4.69) is 58.3 Å². The molecule has 5 heteroatoms. The number of phenols is 1. The lowest BCUT2D eigenvalue weighted by molar-refractivity contribution is 0.475. The van der Waals surface area contributed by atoms with E-state index in [0.29, 0.717) is 5.84 Å². The van der Waals surface area contributed by atoms with Gasteiger partial charge in [0.1, 0.15) is 11.8 Å². The summed E-state index contributed by atoms with van der Waals surface area (Å²) in [5.74, 6) is 0.917. The standard InChI is InChI=1S/C25H26N4O/c1-28(2)20-11-5-17(6-12-20)23-24(18-7-13-21(14-8-18)29(3)4)27-25(26-23)19-9-15-22(30)16-10-19/h5-16,23,30H,1-4H3. The molecule has 0 bridgehead atoms. The lowest BCUT2D eigenvalue weighted by Crippen LogP contribution is -2.12. The smallest absolute Gasteiger partial charge is 0.155 e. The van der Waals surface area contributed by atoms with Gasteiger partial charge in [0.15, 0.2) is 5.84 Å². The minimum atomic E-state index is -0.171. The lowest BCUT2D eigenvalue weighted by Gasteiger charge is -2.16. The Hall–Kier alpha value is -3.60. The summed E-state index contributed by atoms with van der Waals surface area (Å²) in [5, 5.41) is 9.62. The Morgan fingerprint density at radius 1 is 0.667 bits per heavy atom. The van der Waals surface area contributed by atoms with Crippen molar-refractivity contribution >= 4 is 22.9 Å². The lowest BCUT2D eigenvalue weighted by atomic mass is 9.97. The van der Waals surface area contributed by atoms with Crippen molar-refractivity contribution in [2.24, 2.45) is 9.98 Å². The van der Waals surface area contributed by atoms with Gasteiger partial charge in [-0.3, -0.25) is 4.99 Å². The van der Waals surface area contributed by atoms with Gasteiger partial charge in [-0.2, -0.15) is 0 Å². The number of hydrogen-bond donors (Lipinski definition) is 1. The summed E-state index contributed by atoms with van der Waals surface area (Å²) in [4.78, 5) is 14.0. The third-order valence-electron chi connectivity index (χ3n) is 5.27. The quantitative estimate of drug-likeness (QED) is 0.688. The van der Waals surface area contributed by atoms with Gasteiger partial charge in [-0.05, 0) is 59.7 Å². The van der Waals surface area contributed by atoms with Gasteiger partial charge < -0.3 is 14.9 Å². The molecule has 0 saturated carbocycles. The molecule has 1 N–H and O–H groups in total. The molecule has 3 aromatic carbocycles. The van der Waals surface area contributed by atoms with Gasteiger partial charge in [-0.15, -0.1) is 0 Å². The SMILES string of the molecule is CN(C)c1ccc(C2=NC(c3ccc(O)cc3)=NC2c2ccc(N(C)C)cc2)cc1. The molecule has 1 aliphatic heterocycles. The van der Waals surface area contributed by atoms with Gasteiger partial charge in [-0.25, -0.2) is 4.99 Å². The van der Waals surface area contributed by atoms with Crippen LogP contribution in [0.3, 0.4) is 0 Å². The average molecular weight is 399 g/mol. The molecule has 0 radical (unpaired) electrons. The van der Waals surface area contributed by atoms with E-state index in [0.717, 1.165) is 33.8 Å². The van der Waals surface area contributed by atoms with Crippen LogP contribution >= 0.6 is 0 Å². The van der Waals surface area contributed by atoms with Crippen molar-refractivity contribution in [2.45, 2.75) is 6.04 Å². The van der Waals surface area contributed by atoms with Crippen LogP contribution in [0, 0.1) is 0 Å². The fourth-order valence-electron chi connectivity index (χ4n) is 3.48. The molecule has 1 atom stereocenters. The summed E-state index contributed by atoms with van der Waals surface area (Å²) in [5.41, 5.74) is 6.27. The van der Waals surface area contributed by atoms with E-state index in [4.69, 9.17) is 9.98 Å². The summed E-state index contributed by atoms with van der Waals surface area (Å²) in [6.07, 6.45) is 0. The Kier molecular flexibility index (Phi) is 5.27. The van der Waals surface area contributed by atoms with E-state index in [9.17, 15) is 5.11 Å². The molecule has 0 spiro atoms. The average Bonchev–Trinajstić information content (AvgIpc) is 3.20. The first-order valence-corrected chi connectivity index (χ1v) is 9.93. The van der Waals surface area contributed by atoms with Gasteiger partial charge in [0.2, 0.25) is 0 Å². The first-order valence-electron chi connectivity index (χ1n) is 9.93. The molecule has 0 saturated heterocycles. The summed E-state index contributed by atoms with van der Waals surface area (Å²) >= 11 is 0. The molecule has 1 heterocycles. The van der Waals surface area contributed by atoms with Crippen LogP contribution in [0.25, 0.3) is 0 Å². The third-order valence-corrected chi connectivity index (χ3v) is 5.27. The highest BCUT2D eigenvalue weighted by Gasteiger charge is 2.26. The molecule has 0 aromatic heterocycles.